The minimum Gasteiger partial charge on any atom is -0.495 e. The Morgan fingerprint density at radius 3 is 2.57 bits per heavy atom. The lowest BCUT2D eigenvalue weighted by atomic mass is 10.1. The van der Waals surface area contributed by atoms with E-state index in [-0.39, 0.29) is 5.56 Å². The van der Waals surface area contributed by atoms with Crippen LogP contribution in [0.15, 0.2) is 45.3 Å². The lowest BCUT2D eigenvalue weighted by Crippen LogP contribution is -2.04. The highest BCUT2D eigenvalue weighted by Crippen LogP contribution is 2.27. The first-order chi connectivity index (χ1) is 10.0. The fourth-order valence-corrected chi connectivity index (χ4v) is 2.50. The number of hydrogen-bond acceptors (Lipinski definition) is 3. The maximum atomic E-state index is 11.0. The van der Waals surface area contributed by atoms with Gasteiger partial charge in [-0.1, -0.05) is 6.07 Å². The molecule has 0 amide bonds. The first kappa shape index (κ1) is 15.9. The molecule has 0 unspecified atom stereocenters. The highest BCUT2D eigenvalue weighted by Gasteiger charge is 2.09. The molecular weight excluding hydrogens is 402 g/mol. The van der Waals surface area contributed by atoms with Crippen molar-refractivity contribution in [2.24, 2.45) is 0 Å². The second-order valence-corrected chi connectivity index (χ2v) is 6.03. The third-order valence-corrected chi connectivity index (χ3v) is 4.79. The SMILES string of the molecule is COc1ccc(C(=O)O)cc1NCc1ccc(Br)c(Br)c1. The summed E-state index contributed by atoms with van der Waals surface area (Å²) in [6.45, 7) is 0.561. The Hall–Kier alpha value is -1.53. The van der Waals surface area contributed by atoms with Crippen molar-refractivity contribution >= 4 is 43.5 Å². The van der Waals surface area contributed by atoms with Gasteiger partial charge < -0.3 is 15.2 Å². The van der Waals surface area contributed by atoms with E-state index in [0.29, 0.717) is 18.0 Å². The van der Waals surface area contributed by atoms with E-state index in [0.717, 1.165) is 14.5 Å². The van der Waals surface area contributed by atoms with Crippen LogP contribution < -0.4 is 10.1 Å². The standard InChI is InChI=1S/C15H13Br2NO3/c1-21-14-5-3-10(15(19)20)7-13(14)18-8-9-2-4-11(16)12(17)6-9/h2-7,18H,8H2,1H3,(H,19,20). The molecule has 0 fully saturated rings. The predicted octanol–water partition coefficient (Wildman–Crippen LogP) is 4.53. The van der Waals surface area contributed by atoms with E-state index >= 15 is 0 Å². The topological polar surface area (TPSA) is 58.6 Å². The van der Waals surface area contributed by atoms with Crippen molar-refractivity contribution in [1.82, 2.24) is 0 Å². The molecule has 2 aromatic carbocycles. The quantitative estimate of drug-likeness (QED) is 0.754. The lowest BCUT2D eigenvalue weighted by molar-refractivity contribution is 0.0697. The molecule has 2 N–H and O–H groups in total. The van der Waals surface area contributed by atoms with Crippen LogP contribution in [0.3, 0.4) is 0 Å². The molecule has 2 aromatic rings. The zero-order valence-corrected chi connectivity index (χ0v) is 14.4. The number of rotatable bonds is 5. The summed E-state index contributed by atoms with van der Waals surface area (Å²) >= 11 is 6.88. The van der Waals surface area contributed by atoms with E-state index in [9.17, 15) is 4.79 Å². The van der Waals surface area contributed by atoms with Gasteiger partial charge in [-0.2, -0.15) is 0 Å². The summed E-state index contributed by atoms with van der Waals surface area (Å²) in [5.41, 5.74) is 1.93. The van der Waals surface area contributed by atoms with Gasteiger partial charge in [0.2, 0.25) is 0 Å². The Bertz CT molecular complexity index is 674. The molecular formula is C15H13Br2NO3. The fourth-order valence-electron chi connectivity index (χ4n) is 1.83. The van der Waals surface area contributed by atoms with Crippen LogP contribution in [0.25, 0.3) is 0 Å². The molecule has 0 bridgehead atoms. The monoisotopic (exact) mass is 413 g/mol. The number of halogens is 2. The van der Waals surface area contributed by atoms with Crippen molar-refractivity contribution in [3.8, 4) is 5.75 Å². The van der Waals surface area contributed by atoms with Crippen LogP contribution in [-0.4, -0.2) is 18.2 Å². The van der Waals surface area contributed by atoms with Gasteiger partial charge in [-0.25, -0.2) is 4.79 Å². The summed E-state index contributed by atoms with van der Waals surface area (Å²) in [5.74, 6) is -0.358. The maximum Gasteiger partial charge on any atom is 0.335 e. The Labute approximate surface area is 139 Å². The van der Waals surface area contributed by atoms with E-state index in [4.69, 9.17) is 9.84 Å². The van der Waals surface area contributed by atoms with Crippen LogP contribution in [0.1, 0.15) is 15.9 Å². The molecule has 0 radical (unpaired) electrons. The van der Waals surface area contributed by atoms with Gasteiger partial charge in [0.15, 0.2) is 0 Å². The van der Waals surface area contributed by atoms with E-state index in [1.165, 1.54) is 6.07 Å². The van der Waals surface area contributed by atoms with Crippen LogP contribution in [0.4, 0.5) is 5.69 Å². The number of benzene rings is 2. The van der Waals surface area contributed by atoms with E-state index < -0.39 is 5.97 Å². The van der Waals surface area contributed by atoms with Crippen molar-refractivity contribution in [2.45, 2.75) is 6.54 Å². The highest BCUT2D eigenvalue weighted by atomic mass is 79.9. The molecule has 0 aliphatic heterocycles. The van der Waals surface area contributed by atoms with Crippen molar-refractivity contribution < 1.29 is 14.6 Å². The molecule has 0 saturated carbocycles. The minimum absolute atomic E-state index is 0.218. The van der Waals surface area contributed by atoms with Gasteiger partial charge in [0.25, 0.3) is 0 Å². The number of carboxylic acid groups (broad SMARTS) is 1. The number of carbonyl (C=O) groups is 1. The normalized spacial score (nSPS) is 10.2. The molecule has 21 heavy (non-hydrogen) atoms. The van der Waals surface area contributed by atoms with Crippen LogP contribution in [-0.2, 0) is 6.54 Å². The van der Waals surface area contributed by atoms with Gasteiger partial charge >= 0.3 is 5.97 Å². The summed E-state index contributed by atoms with van der Waals surface area (Å²) < 4.78 is 7.19. The molecule has 0 atom stereocenters. The molecule has 6 heteroatoms. The van der Waals surface area contributed by atoms with Gasteiger partial charge in [-0.3, -0.25) is 0 Å². The largest absolute Gasteiger partial charge is 0.495 e. The molecule has 2 rings (SSSR count). The summed E-state index contributed by atoms with van der Waals surface area (Å²) in [6.07, 6.45) is 0. The fraction of sp³-hybridized carbons (Fsp3) is 0.133. The van der Waals surface area contributed by atoms with Crippen LogP contribution >= 0.6 is 31.9 Å². The Balaban J connectivity index is 2.19. The molecule has 0 aromatic heterocycles. The number of anilines is 1. The summed E-state index contributed by atoms with van der Waals surface area (Å²) in [7, 11) is 1.55. The van der Waals surface area contributed by atoms with E-state index in [1.807, 2.05) is 18.2 Å². The average Bonchev–Trinajstić information content (AvgIpc) is 2.48. The highest BCUT2D eigenvalue weighted by molar-refractivity contribution is 9.13. The number of aromatic carboxylic acids is 1. The molecule has 0 saturated heterocycles. The van der Waals surface area contributed by atoms with Crippen LogP contribution in [0.5, 0.6) is 5.75 Å². The zero-order valence-electron chi connectivity index (χ0n) is 11.2. The van der Waals surface area contributed by atoms with Gasteiger partial charge in [0.1, 0.15) is 5.75 Å². The third kappa shape index (κ3) is 3.98. The van der Waals surface area contributed by atoms with Gasteiger partial charge in [-0.15, -0.1) is 0 Å². The van der Waals surface area contributed by atoms with Crippen molar-refractivity contribution in [3.63, 3.8) is 0 Å². The first-order valence-electron chi connectivity index (χ1n) is 6.10. The molecule has 4 nitrogen and oxygen atoms in total. The summed E-state index contributed by atoms with van der Waals surface area (Å²) in [5, 5.41) is 12.2. The Morgan fingerprint density at radius 1 is 1.19 bits per heavy atom. The van der Waals surface area contributed by atoms with E-state index in [1.54, 1.807) is 19.2 Å². The number of methoxy groups -OCH3 is 1. The smallest absolute Gasteiger partial charge is 0.335 e. The van der Waals surface area contributed by atoms with Crippen LogP contribution in [0, 0.1) is 0 Å². The number of hydrogen-bond donors (Lipinski definition) is 2. The van der Waals surface area contributed by atoms with Crippen LogP contribution in [0.2, 0.25) is 0 Å². The van der Waals surface area contributed by atoms with Crippen molar-refractivity contribution in [2.75, 3.05) is 12.4 Å². The second-order valence-electron chi connectivity index (χ2n) is 4.32. The van der Waals surface area contributed by atoms with Gasteiger partial charge in [0.05, 0.1) is 18.4 Å². The molecule has 0 heterocycles. The predicted molar refractivity (Wildman–Crippen MR) is 89.1 cm³/mol. The summed E-state index contributed by atoms with van der Waals surface area (Å²) in [4.78, 5) is 11.0. The Kier molecular flexibility index (Phi) is 5.25. The number of nitrogens with one attached hydrogen (secondary N) is 1. The summed E-state index contributed by atoms with van der Waals surface area (Å²) in [6, 6.07) is 10.6. The molecule has 110 valence electrons. The lowest BCUT2D eigenvalue weighted by Gasteiger charge is -2.12. The Morgan fingerprint density at radius 2 is 1.95 bits per heavy atom. The average molecular weight is 415 g/mol. The second kappa shape index (κ2) is 6.95. The van der Waals surface area contributed by atoms with E-state index in [2.05, 4.69) is 37.2 Å². The van der Waals surface area contributed by atoms with Crippen molar-refractivity contribution in [3.05, 3.63) is 56.5 Å². The van der Waals surface area contributed by atoms with Crippen molar-refractivity contribution in [1.29, 1.82) is 0 Å². The maximum absolute atomic E-state index is 11.0. The zero-order chi connectivity index (χ0) is 15.4. The van der Waals surface area contributed by atoms with Gasteiger partial charge in [0, 0.05) is 15.5 Å². The molecule has 0 aliphatic rings. The number of carboxylic acids is 1. The number of ether oxygens (including phenoxy) is 1. The molecule has 0 spiro atoms. The molecule has 0 aliphatic carbocycles. The van der Waals surface area contributed by atoms with Gasteiger partial charge in [-0.05, 0) is 67.8 Å². The minimum atomic E-state index is -0.966. The first-order valence-corrected chi connectivity index (χ1v) is 7.69. The third-order valence-electron chi connectivity index (χ3n) is 2.91.